The molecule has 1 aromatic rings. The first-order chi connectivity index (χ1) is 13.1. The van der Waals surface area contributed by atoms with Gasteiger partial charge in [-0.3, -0.25) is 9.59 Å². The van der Waals surface area contributed by atoms with Crippen molar-refractivity contribution in [1.82, 2.24) is 9.80 Å². The van der Waals surface area contributed by atoms with Crippen LogP contribution in [0.2, 0.25) is 0 Å². The number of phenols is 1. The van der Waals surface area contributed by atoms with E-state index in [4.69, 9.17) is 9.47 Å². The van der Waals surface area contributed by atoms with Crippen molar-refractivity contribution in [2.24, 2.45) is 5.92 Å². The highest BCUT2D eigenvalue weighted by Crippen LogP contribution is 2.40. The van der Waals surface area contributed by atoms with E-state index in [1.165, 1.54) is 6.07 Å². The summed E-state index contributed by atoms with van der Waals surface area (Å²) in [5.74, 6) is 0.241. The normalized spacial score (nSPS) is 23.6. The third-order valence-corrected chi connectivity index (χ3v) is 5.90. The summed E-state index contributed by atoms with van der Waals surface area (Å²) in [6.07, 6.45) is 3.04. The zero-order valence-electron chi connectivity index (χ0n) is 15.4. The molecule has 7 heteroatoms. The zero-order valence-corrected chi connectivity index (χ0v) is 15.4. The molecule has 27 heavy (non-hydrogen) atoms. The van der Waals surface area contributed by atoms with Crippen LogP contribution in [-0.4, -0.2) is 78.3 Å². The number of hydrogen-bond acceptors (Lipinski definition) is 5. The maximum atomic E-state index is 12.6. The average Bonchev–Trinajstić information content (AvgIpc) is 3.30. The molecule has 1 N–H and O–H groups in total. The van der Waals surface area contributed by atoms with Crippen molar-refractivity contribution in [3.8, 4) is 5.75 Å². The molecule has 3 heterocycles. The second kappa shape index (κ2) is 7.48. The van der Waals surface area contributed by atoms with Gasteiger partial charge in [-0.15, -0.1) is 0 Å². The molecule has 4 rings (SSSR count). The molecule has 0 aliphatic carbocycles. The van der Waals surface area contributed by atoms with Crippen molar-refractivity contribution in [3.63, 3.8) is 0 Å². The van der Waals surface area contributed by atoms with Gasteiger partial charge in [0, 0.05) is 31.2 Å². The molecule has 0 bridgehead atoms. The van der Waals surface area contributed by atoms with Crippen molar-refractivity contribution in [2.75, 3.05) is 46.0 Å². The molecule has 0 unspecified atom stereocenters. The smallest absolute Gasteiger partial charge is 0.254 e. The molecular formula is C20H26N2O5. The van der Waals surface area contributed by atoms with E-state index >= 15 is 0 Å². The molecule has 0 aromatic heterocycles. The second-order valence-electron chi connectivity index (χ2n) is 7.71. The van der Waals surface area contributed by atoms with E-state index in [2.05, 4.69) is 0 Å². The lowest BCUT2D eigenvalue weighted by atomic mass is 9.81. The highest BCUT2D eigenvalue weighted by Gasteiger charge is 2.54. The van der Waals surface area contributed by atoms with Gasteiger partial charge in [0.05, 0.1) is 19.7 Å². The average molecular weight is 374 g/mol. The standard InChI is InChI=1S/C20H26N2O5/c23-17-5-3-4-15(10-17)19(25)22-13-20(14-22)16(6-9-27-20)11-26-12-18(24)21-7-1-2-8-21/h3-5,10,16,23H,1-2,6-9,11-14H2/t16-/m0/s1. The van der Waals surface area contributed by atoms with Crippen molar-refractivity contribution in [2.45, 2.75) is 24.9 Å². The molecule has 0 saturated carbocycles. The van der Waals surface area contributed by atoms with Crippen molar-refractivity contribution >= 4 is 11.8 Å². The lowest BCUT2D eigenvalue weighted by molar-refractivity contribution is -0.142. The van der Waals surface area contributed by atoms with Crippen LogP contribution < -0.4 is 0 Å². The van der Waals surface area contributed by atoms with Gasteiger partial charge >= 0.3 is 0 Å². The van der Waals surface area contributed by atoms with E-state index in [9.17, 15) is 14.7 Å². The number of rotatable bonds is 5. The summed E-state index contributed by atoms with van der Waals surface area (Å²) < 4.78 is 11.7. The summed E-state index contributed by atoms with van der Waals surface area (Å²) in [5, 5.41) is 9.56. The second-order valence-corrected chi connectivity index (χ2v) is 7.71. The van der Waals surface area contributed by atoms with Crippen LogP contribution in [0.3, 0.4) is 0 Å². The summed E-state index contributed by atoms with van der Waals surface area (Å²) in [4.78, 5) is 28.2. The number of aromatic hydroxyl groups is 1. The van der Waals surface area contributed by atoms with Crippen LogP contribution in [0.4, 0.5) is 0 Å². The number of carbonyl (C=O) groups excluding carboxylic acids is 2. The Kier molecular flexibility index (Phi) is 5.06. The van der Waals surface area contributed by atoms with Gasteiger partial charge in [-0.2, -0.15) is 0 Å². The zero-order chi connectivity index (χ0) is 18.9. The predicted octanol–water partition coefficient (Wildman–Crippen LogP) is 1.26. The van der Waals surface area contributed by atoms with Gasteiger partial charge < -0.3 is 24.4 Å². The fourth-order valence-corrected chi connectivity index (χ4v) is 4.28. The Morgan fingerprint density at radius 3 is 2.74 bits per heavy atom. The molecule has 0 radical (unpaired) electrons. The number of likely N-dealkylation sites (tertiary alicyclic amines) is 2. The van der Waals surface area contributed by atoms with E-state index in [1.54, 1.807) is 23.1 Å². The van der Waals surface area contributed by atoms with Gasteiger partial charge in [0.25, 0.3) is 5.91 Å². The molecule has 146 valence electrons. The summed E-state index contributed by atoms with van der Waals surface area (Å²) in [6.45, 7) is 3.98. The number of hydrogen-bond donors (Lipinski definition) is 1. The monoisotopic (exact) mass is 374 g/mol. The van der Waals surface area contributed by atoms with Crippen molar-refractivity contribution in [3.05, 3.63) is 29.8 Å². The van der Waals surface area contributed by atoms with E-state index < -0.39 is 0 Å². The molecule has 1 aromatic carbocycles. The van der Waals surface area contributed by atoms with E-state index in [0.29, 0.717) is 31.9 Å². The topological polar surface area (TPSA) is 79.3 Å². The van der Waals surface area contributed by atoms with Gasteiger partial charge in [-0.25, -0.2) is 0 Å². The Hall–Kier alpha value is -2.12. The number of carbonyl (C=O) groups is 2. The summed E-state index contributed by atoms with van der Waals surface area (Å²) in [5.41, 5.74) is 0.121. The van der Waals surface area contributed by atoms with Crippen molar-refractivity contribution < 1.29 is 24.2 Å². The quantitative estimate of drug-likeness (QED) is 0.840. The Labute approximate surface area is 158 Å². The molecule has 3 aliphatic heterocycles. The molecule has 1 atom stereocenters. The Balaban J connectivity index is 1.27. The van der Waals surface area contributed by atoms with Crippen LogP contribution >= 0.6 is 0 Å². The number of nitrogens with zero attached hydrogens (tertiary/aromatic N) is 2. The molecule has 3 saturated heterocycles. The fourth-order valence-electron chi connectivity index (χ4n) is 4.28. The van der Waals surface area contributed by atoms with E-state index in [-0.39, 0.29) is 35.7 Å². The lowest BCUT2D eigenvalue weighted by Crippen LogP contribution is -2.66. The van der Waals surface area contributed by atoms with Crippen molar-refractivity contribution in [1.29, 1.82) is 0 Å². The van der Waals surface area contributed by atoms with Crippen LogP contribution in [0.5, 0.6) is 5.75 Å². The first-order valence-electron chi connectivity index (χ1n) is 9.65. The summed E-state index contributed by atoms with van der Waals surface area (Å²) >= 11 is 0. The first kappa shape index (κ1) is 18.3. The number of phenolic OH excluding ortho intramolecular Hbond substituents is 1. The van der Waals surface area contributed by atoms with Crippen LogP contribution in [0.15, 0.2) is 24.3 Å². The largest absolute Gasteiger partial charge is 0.508 e. The van der Waals surface area contributed by atoms with Gasteiger partial charge in [0.2, 0.25) is 5.91 Å². The third kappa shape index (κ3) is 3.66. The Bertz CT molecular complexity index is 710. The third-order valence-electron chi connectivity index (χ3n) is 5.90. The summed E-state index contributed by atoms with van der Waals surface area (Å²) in [7, 11) is 0. The lowest BCUT2D eigenvalue weighted by Gasteiger charge is -2.50. The van der Waals surface area contributed by atoms with E-state index in [1.807, 2.05) is 4.90 Å². The minimum absolute atomic E-state index is 0.0646. The minimum Gasteiger partial charge on any atom is -0.508 e. The maximum Gasteiger partial charge on any atom is 0.254 e. The highest BCUT2D eigenvalue weighted by molar-refractivity contribution is 5.95. The van der Waals surface area contributed by atoms with Crippen LogP contribution in [-0.2, 0) is 14.3 Å². The number of benzene rings is 1. The van der Waals surface area contributed by atoms with Crippen LogP contribution in [0, 0.1) is 5.92 Å². The molecule has 1 spiro atoms. The minimum atomic E-state index is -0.358. The highest BCUT2D eigenvalue weighted by atomic mass is 16.5. The predicted molar refractivity (Wildman–Crippen MR) is 97.4 cm³/mol. The van der Waals surface area contributed by atoms with E-state index in [0.717, 1.165) is 32.4 Å². The molecular weight excluding hydrogens is 348 g/mol. The first-order valence-corrected chi connectivity index (χ1v) is 9.65. The number of amides is 2. The fraction of sp³-hybridized carbons (Fsp3) is 0.600. The SMILES string of the molecule is O=C(COC[C@@H]1CCOC12CN(C(=O)c1cccc(O)c1)C2)N1CCCC1. The van der Waals surface area contributed by atoms with Gasteiger partial charge in [0.15, 0.2) is 0 Å². The van der Waals surface area contributed by atoms with Crippen LogP contribution in [0.1, 0.15) is 29.6 Å². The maximum absolute atomic E-state index is 12.6. The summed E-state index contributed by atoms with van der Waals surface area (Å²) in [6, 6.07) is 6.39. The van der Waals surface area contributed by atoms with Gasteiger partial charge in [-0.05, 0) is 37.5 Å². The molecule has 3 aliphatic rings. The Morgan fingerprint density at radius 2 is 2.00 bits per heavy atom. The molecule has 3 fully saturated rings. The molecule has 2 amide bonds. The van der Waals surface area contributed by atoms with Gasteiger partial charge in [-0.1, -0.05) is 6.07 Å². The van der Waals surface area contributed by atoms with Gasteiger partial charge in [0.1, 0.15) is 18.0 Å². The van der Waals surface area contributed by atoms with Crippen LogP contribution in [0.25, 0.3) is 0 Å². The number of ether oxygens (including phenoxy) is 2. The Morgan fingerprint density at radius 1 is 1.22 bits per heavy atom. The molecule has 7 nitrogen and oxygen atoms in total.